The Morgan fingerprint density at radius 2 is 2.10 bits per heavy atom. The van der Waals surface area contributed by atoms with E-state index in [4.69, 9.17) is 4.74 Å². The molecular formula is C21H24FN3O3S. The predicted molar refractivity (Wildman–Crippen MR) is 114 cm³/mol. The SMILES string of the molecule is COCCCNC(=O)c1ccc2c(c1)NC(=O)C(CSCc1cccc(F)c1)N2. The number of halogens is 1. The van der Waals surface area contributed by atoms with E-state index < -0.39 is 6.04 Å². The lowest BCUT2D eigenvalue weighted by atomic mass is 10.1. The van der Waals surface area contributed by atoms with Gasteiger partial charge < -0.3 is 20.7 Å². The number of hydrogen-bond acceptors (Lipinski definition) is 5. The summed E-state index contributed by atoms with van der Waals surface area (Å²) >= 11 is 1.56. The van der Waals surface area contributed by atoms with Crippen molar-refractivity contribution < 1.29 is 18.7 Å². The molecule has 0 saturated heterocycles. The third-order valence-electron chi connectivity index (χ3n) is 4.44. The first kappa shape index (κ1) is 21.1. The zero-order valence-electron chi connectivity index (χ0n) is 16.2. The zero-order valence-corrected chi connectivity index (χ0v) is 17.0. The quantitative estimate of drug-likeness (QED) is 0.546. The average Bonchev–Trinajstić information content (AvgIpc) is 2.71. The summed E-state index contributed by atoms with van der Waals surface area (Å²) in [6.07, 6.45) is 0.737. The molecule has 0 spiro atoms. The van der Waals surface area contributed by atoms with Gasteiger partial charge in [-0.25, -0.2) is 4.39 Å². The lowest BCUT2D eigenvalue weighted by Gasteiger charge is -2.27. The second-order valence-electron chi connectivity index (χ2n) is 6.69. The van der Waals surface area contributed by atoms with E-state index in [2.05, 4.69) is 16.0 Å². The van der Waals surface area contributed by atoms with Gasteiger partial charge >= 0.3 is 0 Å². The number of carbonyl (C=O) groups is 2. The van der Waals surface area contributed by atoms with Crippen LogP contribution < -0.4 is 16.0 Å². The van der Waals surface area contributed by atoms with Crippen molar-refractivity contribution in [1.29, 1.82) is 0 Å². The number of anilines is 2. The molecule has 1 heterocycles. The van der Waals surface area contributed by atoms with Crippen LogP contribution in [-0.2, 0) is 15.3 Å². The highest BCUT2D eigenvalue weighted by molar-refractivity contribution is 7.98. The van der Waals surface area contributed by atoms with Crippen LogP contribution in [0.25, 0.3) is 0 Å². The Hall–Kier alpha value is -2.58. The minimum atomic E-state index is -0.394. The summed E-state index contributed by atoms with van der Waals surface area (Å²) < 4.78 is 18.2. The van der Waals surface area contributed by atoms with Crippen LogP contribution in [0, 0.1) is 5.82 Å². The Kier molecular flexibility index (Phi) is 7.48. The maximum atomic E-state index is 13.2. The molecule has 1 aliphatic heterocycles. The fourth-order valence-corrected chi connectivity index (χ4v) is 3.95. The first-order chi connectivity index (χ1) is 14.1. The van der Waals surface area contributed by atoms with E-state index in [0.29, 0.717) is 35.9 Å². The third kappa shape index (κ3) is 5.95. The number of thioether (sulfide) groups is 1. The first-order valence-corrected chi connectivity index (χ1v) is 10.5. The molecule has 6 nitrogen and oxygen atoms in total. The molecule has 2 aromatic carbocycles. The van der Waals surface area contributed by atoms with Crippen molar-refractivity contribution in [1.82, 2.24) is 5.32 Å². The van der Waals surface area contributed by atoms with Gasteiger partial charge in [-0.05, 0) is 42.3 Å². The second kappa shape index (κ2) is 10.3. The van der Waals surface area contributed by atoms with Crippen molar-refractivity contribution >= 4 is 35.0 Å². The molecule has 0 radical (unpaired) electrons. The predicted octanol–water partition coefficient (Wildman–Crippen LogP) is 3.26. The number of amides is 2. The van der Waals surface area contributed by atoms with E-state index in [1.807, 2.05) is 6.07 Å². The zero-order chi connectivity index (χ0) is 20.6. The van der Waals surface area contributed by atoms with Crippen molar-refractivity contribution in [3.05, 3.63) is 59.4 Å². The second-order valence-corrected chi connectivity index (χ2v) is 7.72. The molecule has 3 N–H and O–H groups in total. The highest BCUT2D eigenvalue weighted by Crippen LogP contribution is 2.29. The van der Waals surface area contributed by atoms with Crippen LogP contribution in [0.2, 0.25) is 0 Å². The van der Waals surface area contributed by atoms with E-state index in [0.717, 1.165) is 17.7 Å². The van der Waals surface area contributed by atoms with Gasteiger partial charge in [0.2, 0.25) is 5.91 Å². The van der Waals surface area contributed by atoms with Crippen molar-refractivity contribution in [2.75, 3.05) is 36.6 Å². The van der Waals surface area contributed by atoms with Crippen LogP contribution in [-0.4, -0.2) is 43.9 Å². The van der Waals surface area contributed by atoms with E-state index >= 15 is 0 Å². The number of fused-ring (bicyclic) bond motifs is 1. The van der Waals surface area contributed by atoms with Crippen LogP contribution in [0.4, 0.5) is 15.8 Å². The summed E-state index contributed by atoms with van der Waals surface area (Å²) in [5.41, 5.74) is 2.73. The number of rotatable bonds is 9. The minimum Gasteiger partial charge on any atom is -0.385 e. The summed E-state index contributed by atoms with van der Waals surface area (Å²) in [5, 5.41) is 8.91. The van der Waals surface area contributed by atoms with Crippen molar-refractivity contribution in [3.63, 3.8) is 0 Å². The molecule has 0 fully saturated rings. The molecule has 1 aliphatic rings. The van der Waals surface area contributed by atoms with Gasteiger partial charge in [0.25, 0.3) is 5.91 Å². The van der Waals surface area contributed by atoms with Crippen LogP contribution in [0.3, 0.4) is 0 Å². The highest BCUT2D eigenvalue weighted by atomic mass is 32.2. The van der Waals surface area contributed by atoms with Crippen LogP contribution in [0.1, 0.15) is 22.3 Å². The average molecular weight is 418 g/mol. The molecule has 2 aromatic rings. The smallest absolute Gasteiger partial charge is 0.251 e. The Labute approximate surface area is 173 Å². The summed E-state index contributed by atoms with van der Waals surface area (Å²) in [6, 6.07) is 11.2. The Balaban J connectivity index is 1.54. The van der Waals surface area contributed by atoms with E-state index in [9.17, 15) is 14.0 Å². The van der Waals surface area contributed by atoms with E-state index in [1.54, 1.807) is 43.1 Å². The molecule has 29 heavy (non-hydrogen) atoms. The molecule has 0 aliphatic carbocycles. The maximum Gasteiger partial charge on any atom is 0.251 e. The minimum absolute atomic E-state index is 0.151. The molecule has 0 saturated carbocycles. The highest BCUT2D eigenvalue weighted by Gasteiger charge is 2.26. The first-order valence-electron chi connectivity index (χ1n) is 9.37. The molecular weight excluding hydrogens is 393 g/mol. The van der Waals surface area contributed by atoms with Gasteiger partial charge in [-0.2, -0.15) is 11.8 Å². The monoisotopic (exact) mass is 417 g/mol. The van der Waals surface area contributed by atoms with Gasteiger partial charge in [0.15, 0.2) is 0 Å². The van der Waals surface area contributed by atoms with E-state index in [1.165, 1.54) is 12.1 Å². The topological polar surface area (TPSA) is 79.5 Å². The van der Waals surface area contributed by atoms with Gasteiger partial charge in [0, 0.05) is 37.3 Å². The summed E-state index contributed by atoms with van der Waals surface area (Å²) in [5.74, 6) is 0.568. The summed E-state index contributed by atoms with van der Waals surface area (Å²) in [7, 11) is 1.62. The lowest BCUT2D eigenvalue weighted by Crippen LogP contribution is -2.40. The molecule has 8 heteroatoms. The number of ether oxygens (including phenoxy) is 1. The Bertz CT molecular complexity index is 878. The molecule has 154 valence electrons. The fraction of sp³-hybridized carbons (Fsp3) is 0.333. The number of hydrogen-bond donors (Lipinski definition) is 3. The number of benzene rings is 2. The fourth-order valence-electron chi connectivity index (χ4n) is 2.95. The van der Waals surface area contributed by atoms with Gasteiger partial charge in [-0.3, -0.25) is 9.59 Å². The standard InChI is InChI=1S/C21H24FN3O3S/c1-28-9-3-8-23-20(26)15-6-7-17-18(11-15)25-21(27)19(24-17)13-29-12-14-4-2-5-16(22)10-14/h2,4-7,10-11,19,24H,3,8-9,12-13H2,1H3,(H,23,26)(H,25,27). The normalized spacial score (nSPS) is 15.2. The van der Waals surface area contributed by atoms with Gasteiger partial charge in [-0.15, -0.1) is 0 Å². The number of methoxy groups -OCH3 is 1. The van der Waals surface area contributed by atoms with Crippen molar-refractivity contribution in [2.45, 2.75) is 18.2 Å². The Morgan fingerprint density at radius 3 is 2.90 bits per heavy atom. The number of nitrogens with one attached hydrogen (secondary N) is 3. The van der Waals surface area contributed by atoms with Crippen molar-refractivity contribution in [2.24, 2.45) is 0 Å². The molecule has 2 amide bonds. The molecule has 0 aromatic heterocycles. The molecule has 1 unspecified atom stereocenters. The third-order valence-corrected chi connectivity index (χ3v) is 5.55. The molecule has 0 bridgehead atoms. The van der Waals surface area contributed by atoms with Crippen LogP contribution in [0.15, 0.2) is 42.5 Å². The van der Waals surface area contributed by atoms with Crippen molar-refractivity contribution in [3.8, 4) is 0 Å². The summed E-state index contributed by atoms with van der Waals surface area (Å²) in [4.78, 5) is 24.6. The van der Waals surface area contributed by atoms with Gasteiger partial charge in [0.1, 0.15) is 11.9 Å². The maximum absolute atomic E-state index is 13.2. The molecule has 1 atom stereocenters. The van der Waals surface area contributed by atoms with Crippen LogP contribution >= 0.6 is 11.8 Å². The van der Waals surface area contributed by atoms with E-state index in [-0.39, 0.29) is 17.6 Å². The van der Waals surface area contributed by atoms with Gasteiger partial charge in [-0.1, -0.05) is 12.1 Å². The summed E-state index contributed by atoms with van der Waals surface area (Å²) in [6.45, 7) is 1.11. The molecule has 3 rings (SSSR count). The Morgan fingerprint density at radius 1 is 1.24 bits per heavy atom. The van der Waals surface area contributed by atoms with Crippen LogP contribution in [0.5, 0.6) is 0 Å². The lowest BCUT2D eigenvalue weighted by molar-refractivity contribution is -0.116. The van der Waals surface area contributed by atoms with Gasteiger partial charge in [0.05, 0.1) is 11.4 Å². The largest absolute Gasteiger partial charge is 0.385 e. The number of carbonyl (C=O) groups excluding carboxylic acids is 2.